The van der Waals surface area contributed by atoms with Crippen molar-refractivity contribution in [3.05, 3.63) is 50.2 Å². The van der Waals surface area contributed by atoms with Gasteiger partial charge in [0.1, 0.15) is 5.82 Å². The van der Waals surface area contributed by atoms with Crippen molar-refractivity contribution in [2.24, 2.45) is 0 Å². The van der Waals surface area contributed by atoms with Crippen molar-refractivity contribution in [2.45, 2.75) is 6.92 Å². The Morgan fingerprint density at radius 1 is 1.42 bits per heavy atom. The van der Waals surface area contributed by atoms with E-state index in [2.05, 4.69) is 32.9 Å². The third kappa shape index (κ3) is 3.36. The number of aryl methyl sites for hydroxylation is 1. The molecule has 0 aliphatic heterocycles. The highest BCUT2D eigenvalue weighted by molar-refractivity contribution is 14.1. The fraction of sp³-hybridized carbons (Fsp3) is 0.0769. The van der Waals surface area contributed by atoms with E-state index in [0.717, 1.165) is 9.13 Å². The van der Waals surface area contributed by atoms with Crippen molar-refractivity contribution in [3.8, 4) is 0 Å². The lowest BCUT2D eigenvalue weighted by atomic mass is 10.2. The molecular formula is C13H11ClIN3O. The number of amides is 1. The van der Waals surface area contributed by atoms with Gasteiger partial charge in [-0.05, 0) is 59.3 Å². The zero-order valence-corrected chi connectivity index (χ0v) is 13.0. The van der Waals surface area contributed by atoms with E-state index in [9.17, 15) is 4.79 Å². The molecule has 6 heteroatoms. The third-order valence-corrected chi connectivity index (χ3v) is 3.74. The second-order valence-electron chi connectivity index (χ2n) is 4.00. The molecule has 0 radical (unpaired) electrons. The number of benzene rings is 1. The number of nitrogens with one attached hydrogen (secondary N) is 1. The van der Waals surface area contributed by atoms with Crippen LogP contribution < -0.4 is 11.1 Å². The van der Waals surface area contributed by atoms with Crippen LogP contribution in [-0.2, 0) is 0 Å². The summed E-state index contributed by atoms with van der Waals surface area (Å²) in [5.41, 5.74) is 7.66. The van der Waals surface area contributed by atoms with Crippen LogP contribution in [0, 0.1) is 10.5 Å². The summed E-state index contributed by atoms with van der Waals surface area (Å²) in [4.78, 5) is 16.2. The molecule has 19 heavy (non-hydrogen) atoms. The Morgan fingerprint density at radius 3 is 2.84 bits per heavy atom. The number of carbonyl (C=O) groups excluding carboxylic acids is 1. The van der Waals surface area contributed by atoms with Crippen molar-refractivity contribution in [1.29, 1.82) is 0 Å². The summed E-state index contributed by atoms with van der Waals surface area (Å²) in [7, 11) is 0. The van der Waals surface area contributed by atoms with Crippen LogP contribution in [0.1, 0.15) is 15.9 Å². The van der Waals surface area contributed by atoms with Crippen LogP contribution in [0.3, 0.4) is 0 Å². The molecule has 0 unspecified atom stereocenters. The summed E-state index contributed by atoms with van der Waals surface area (Å²) < 4.78 is 0.826. The number of hydrogen-bond donors (Lipinski definition) is 2. The zero-order chi connectivity index (χ0) is 14.0. The van der Waals surface area contributed by atoms with Crippen LogP contribution in [0.2, 0.25) is 5.02 Å². The molecule has 2 rings (SSSR count). The Balaban J connectivity index is 2.25. The fourth-order valence-corrected chi connectivity index (χ4v) is 2.24. The van der Waals surface area contributed by atoms with Gasteiger partial charge in [0.15, 0.2) is 0 Å². The first-order valence-electron chi connectivity index (χ1n) is 5.46. The van der Waals surface area contributed by atoms with Crippen molar-refractivity contribution in [2.75, 3.05) is 11.1 Å². The van der Waals surface area contributed by atoms with Gasteiger partial charge in [-0.15, -0.1) is 0 Å². The zero-order valence-electron chi connectivity index (χ0n) is 10.1. The Kier molecular flexibility index (Phi) is 4.26. The molecule has 0 saturated heterocycles. The number of nitrogen functional groups attached to an aromatic ring is 1. The highest BCUT2D eigenvalue weighted by atomic mass is 127. The Bertz CT molecular complexity index is 646. The highest BCUT2D eigenvalue weighted by Gasteiger charge is 2.11. The average molecular weight is 388 g/mol. The first-order valence-corrected chi connectivity index (χ1v) is 6.91. The molecule has 1 aromatic heterocycles. The Morgan fingerprint density at radius 2 is 2.16 bits per heavy atom. The second-order valence-corrected chi connectivity index (χ2v) is 5.60. The molecule has 3 N–H and O–H groups in total. The maximum absolute atomic E-state index is 12.1. The molecular weight excluding hydrogens is 377 g/mol. The van der Waals surface area contributed by atoms with E-state index >= 15 is 0 Å². The topological polar surface area (TPSA) is 68.0 Å². The van der Waals surface area contributed by atoms with Crippen LogP contribution >= 0.6 is 34.2 Å². The minimum Gasteiger partial charge on any atom is -0.397 e. The van der Waals surface area contributed by atoms with Crippen LogP contribution in [0.4, 0.5) is 11.5 Å². The molecule has 0 saturated carbocycles. The standard InChI is InChI=1S/C13H11ClIN3O/c1-7-4-12(17-6-11(7)16)18-13(19)9-5-8(14)2-3-10(9)15/h2-6H,16H2,1H3,(H,17,18,19). The first-order chi connectivity index (χ1) is 8.97. The van der Waals surface area contributed by atoms with E-state index in [1.165, 1.54) is 6.20 Å². The molecule has 0 fully saturated rings. The van der Waals surface area contributed by atoms with Gasteiger partial charge in [-0.3, -0.25) is 4.79 Å². The fourth-order valence-electron chi connectivity index (χ4n) is 1.49. The SMILES string of the molecule is Cc1cc(NC(=O)c2cc(Cl)ccc2I)ncc1N. The van der Waals surface area contributed by atoms with Crippen molar-refractivity contribution >= 4 is 51.6 Å². The van der Waals surface area contributed by atoms with E-state index < -0.39 is 0 Å². The van der Waals surface area contributed by atoms with Crippen LogP contribution in [0.25, 0.3) is 0 Å². The molecule has 0 aliphatic rings. The summed E-state index contributed by atoms with van der Waals surface area (Å²) in [6.07, 6.45) is 1.52. The molecule has 0 aliphatic carbocycles. The van der Waals surface area contributed by atoms with E-state index in [1.807, 2.05) is 6.92 Å². The lowest BCUT2D eigenvalue weighted by molar-refractivity contribution is 0.102. The number of aromatic nitrogens is 1. The summed E-state index contributed by atoms with van der Waals surface area (Å²) in [6, 6.07) is 6.89. The lowest BCUT2D eigenvalue weighted by Gasteiger charge is -2.08. The van der Waals surface area contributed by atoms with Crippen molar-refractivity contribution < 1.29 is 4.79 Å². The van der Waals surface area contributed by atoms with Crippen LogP contribution in [0.5, 0.6) is 0 Å². The Labute approximate surface area is 129 Å². The molecule has 98 valence electrons. The quantitative estimate of drug-likeness (QED) is 0.775. The molecule has 4 nitrogen and oxygen atoms in total. The number of halogens is 2. The number of anilines is 2. The van der Waals surface area contributed by atoms with E-state index in [1.54, 1.807) is 24.3 Å². The number of carbonyl (C=O) groups is 1. The van der Waals surface area contributed by atoms with Crippen molar-refractivity contribution in [1.82, 2.24) is 4.98 Å². The predicted octanol–water partition coefficient (Wildman–Crippen LogP) is 3.48. The highest BCUT2D eigenvalue weighted by Crippen LogP contribution is 2.20. The molecule has 0 spiro atoms. The molecule has 0 atom stereocenters. The van der Waals surface area contributed by atoms with Crippen LogP contribution in [0.15, 0.2) is 30.5 Å². The van der Waals surface area contributed by atoms with Gasteiger partial charge in [0, 0.05) is 8.59 Å². The van der Waals surface area contributed by atoms with Gasteiger partial charge in [-0.25, -0.2) is 4.98 Å². The normalized spacial score (nSPS) is 10.3. The molecule has 2 aromatic rings. The molecule has 1 amide bonds. The maximum atomic E-state index is 12.1. The largest absolute Gasteiger partial charge is 0.397 e. The van der Waals surface area contributed by atoms with Crippen molar-refractivity contribution in [3.63, 3.8) is 0 Å². The number of rotatable bonds is 2. The Hall–Kier alpha value is -1.34. The molecule has 1 aromatic carbocycles. The smallest absolute Gasteiger partial charge is 0.257 e. The minimum absolute atomic E-state index is 0.247. The summed E-state index contributed by atoms with van der Waals surface area (Å²) in [5.74, 6) is 0.219. The second kappa shape index (κ2) is 5.75. The van der Waals surface area contributed by atoms with E-state index in [4.69, 9.17) is 17.3 Å². The first kappa shape index (κ1) is 14.1. The summed E-state index contributed by atoms with van der Waals surface area (Å²) >= 11 is 7.98. The predicted molar refractivity (Wildman–Crippen MR) is 85.5 cm³/mol. The number of nitrogens with zero attached hydrogens (tertiary/aromatic N) is 1. The monoisotopic (exact) mass is 387 g/mol. The van der Waals surface area contributed by atoms with Gasteiger partial charge in [0.2, 0.25) is 0 Å². The van der Waals surface area contributed by atoms with Gasteiger partial charge >= 0.3 is 0 Å². The summed E-state index contributed by atoms with van der Waals surface area (Å²) in [6.45, 7) is 1.86. The number of hydrogen-bond acceptors (Lipinski definition) is 3. The lowest BCUT2D eigenvalue weighted by Crippen LogP contribution is -2.14. The van der Waals surface area contributed by atoms with Crippen LogP contribution in [-0.4, -0.2) is 10.9 Å². The maximum Gasteiger partial charge on any atom is 0.257 e. The molecule has 0 bridgehead atoms. The minimum atomic E-state index is -0.247. The average Bonchev–Trinajstić information content (AvgIpc) is 2.36. The molecule has 1 heterocycles. The van der Waals surface area contributed by atoms with Gasteiger partial charge in [-0.2, -0.15) is 0 Å². The number of nitrogens with two attached hydrogens (primary N) is 1. The van der Waals surface area contributed by atoms with E-state index in [-0.39, 0.29) is 5.91 Å². The number of pyridine rings is 1. The summed E-state index contributed by atoms with van der Waals surface area (Å²) in [5, 5.41) is 3.25. The van der Waals surface area contributed by atoms with Gasteiger partial charge in [0.05, 0.1) is 17.4 Å². The van der Waals surface area contributed by atoms with Gasteiger partial charge < -0.3 is 11.1 Å². The van der Waals surface area contributed by atoms with Gasteiger partial charge in [0.25, 0.3) is 5.91 Å². The third-order valence-electron chi connectivity index (χ3n) is 2.57. The van der Waals surface area contributed by atoms with E-state index in [0.29, 0.717) is 22.1 Å². The van der Waals surface area contributed by atoms with Gasteiger partial charge in [-0.1, -0.05) is 11.6 Å².